The van der Waals surface area contributed by atoms with Crippen LogP contribution >= 0.6 is 0 Å². The number of carboxylic acid groups (broad SMARTS) is 1. The van der Waals surface area contributed by atoms with E-state index in [2.05, 4.69) is 13.8 Å². The third-order valence-corrected chi connectivity index (χ3v) is 1.66. The van der Waals surface area contributed by atoms with Crippen molar-refractivity contribution in [1.82, 2.24) is 0 Å². The highest BCUT2D eigenvalue weighted by molar-refractivity contribution is 5.63. The van der Waals surface area contributed by atoms with Crippen LogP contribution in [0.1, 0.15) is 65.7 Å². The van der Waals surface area contributed by atoms with Crippen molar-refractivity contribution >= 4 is 5.97 Å². The van der Waals surface area contributed by atoms with Crippen molar-refractivity contribution < 1.29 is 9.90 Å². The Bertz CT molecular complexity index is 96.3. The Labute approximate surface area is 82.4 Å². The molecule has 0 spiro atoms. The lowest BCUT2D eigenvalue weighted by Gasteiger charge is -1.92. The summed E-state index contributed by atoms with van der Waals surface area (Å²) in [6, 6.07) is 0. The molecule has 0 aromatic rings. The molecule has 0 heterocycles. The molecule has 0 aromatic heterocycles. The van der Waals surface area contributed by atoms with E-state index in [1.54, 1.807) is 6.92 Å². The van der Waals surface area contributed by atoms with Crippen molar-refractivity contribution in [3.8, 4) is 0 Å². The van der Waals surface area contributed by atoms with E-state index in [1.807, 2.05) is 0 Å². The molecular weight excluding hydrogens is 164 g/mol. The van der Waals surface area contributed by atoms with Crippen LogP contribution < -0.4 is 5.11 Å². The first-order valence-electron chi connectivity index (χ1n) is 5.38. The van der Waals surface area contributed by atoms with E-state index in [1.165, 1.54) is 32.1 Å². The molecule has 13 heavy (non-hydrogen) atoms. The van der Waals surface area contributed by atoms with Gasteiger partial charge in [-0.25, -0.2) is 0 Å². The Morgan fingerprint density at radius 1 is 0.923 bits per heavy atom. The quantitative estimate of drug-likeness (QED) is 0.599. The third-order valence-electron chi connectivity index (χ3n) is 1.66. The zero-order valence-corrected chi connectivity index (χ0v) is 9.27. The molecule has 0 rings (SSSR count). The van der Waals surface area contributed by atoms with Crippen molar-refractivity contribution in [2.24, 2.45) is 0 Å². The van der Waals surface area contributed by atoms with Gasteiger partial charge in [-0.3, -0.25) is 0 Å². The van der Waals surface area contributed by atoms with Gasteiger partial charge in [-0.15, -0.1) is 0 Å². The number of carbonyl (C=O) groups is 1. The molecule has 0 N–H and O–H groups in total. The normalized spacial score (nSPS) is 8.85. The predicted molar refractivity (Wildman–Crippen MR) is 54.3 cm³/mol. The molecule has 0 aromatic carbocycles. The van der Waals surface area contributed by atoms with Crippen molar-refractivity contribution in [2.45, 2.75) is 65.7 Å². The number of carbonyl (C=O) groups excluding carboxylic acids is 1. The maximum atomic E-state index is 9.49. The van der Waals surface area contributed by atoms with Gasteiger partial charge in [0, 0.05) is 5.97 Å². The summed E-state index contributed by atoms with van der Waals surface area (Å²) < 4.78 is 0. The molecule has 80 valence electrons. The van der Waals surface area contributed by atoms with Crippen LogP contribution in [0.15, 0.2) is 0 Å². The second kappa shape index (κ2) is 14.0. The molecule has 0 atom stereocenters. The largest absolute Gasteiger partial charge is 0.550 e. The average molecular weight is 187 g/mol. The van der Waals surface area contributed by atoms with Gasteiger partial charge >= 0.3 is 0 Å². The lowest BCUT2D eigenvalue weighted by molar-refractivity contribution is -0.305. The molecule has 0 aliphatic carbocycles. The van der Waals surface area contributed by atoms with Crippen molar-refractivity contribution in [3.63, 3.8) is 0 Å². The number of rotatable bonds is 6. The number of hydrogen-bond acceptors (Lipinski definition) is 2. The molecule has 0 amide bonds. The highest BCUT2D eigenvalue weighted by Gasteiger charge is 1.80. The summed E-state index contributed by atoms with van der Waals surface area (Å²) in [6.45, 7) is 6.29. The van der Waals surface area contributed by atoms with Crippen LogP contribution in [0.2, 0.25) is 0 Å². The van der Waals surface area contributed by atoms with E-state index in [4.69, 9.17) is 0 Å². The molecule has 0 saturated carbocycles. The summed E-state index contributed by atoms with van der Waals surface area (Å²) in [6.07, 6.45) is 7.86. The summed E-state index contributed by atoms with van der Waals surface area (Å²) in [5.41, 5.74) is 0. The van der Waals surface area contributed by atoms with E-state index in [-0.39, 0.29) is 6.42 Å². The number of unbranched alkanes of at least 4 members (excludes halogenated alkanes) is 4. The second-order valence-electron chi connectivity index (χ2n) is 3.18. The van der Waals surface area contributed by atoms with Gasteiger partial charge in [0.05, 0.1) is 0 Å². The lowest BCUT2D eigenvalue weighted by Crippen LogP contribution is -2.20. The topological polar surface area (TPSA) is 40.1 Å². The highest BCUT2D eigenvalue weighted by Crippen LogP contribution is 2.00. The molecule has 0 saturated heterocycles. The zero-order chi connectivity index (χ0) is 10.5. The van der Waals surface area contributed by atoms with Gasteiger partial charge in [0.2, 0.25) is 0 Å². The summed E-state index contributed by atoms with van der Waals surface area (Å²) in [5.74, 6) is -0.961. The SMILES string of the molecule is CCCC(=O)[O-].CCCCCCC. The fraction of sp³-hybridized carbons (Fsp3) is 0.909. The molecule has 2 nitrogen and oxygen atoms in total. The van der Waals surface area contributed by atoms with Crippen LogP contribution in [0.5, 0.6) is 0 Å². The summed E-state index contributed by atoms with van der Waals surface area (Å²) >= 11 is 0. The minimum absolute atomic E-state index is 0.181. The predicted octanol–water partition coefficient (Wildman–Crippen LogP) is 2.51. The van der Waals surface area contributed by atoms with Crippen LogP contribution in [0.25, 0.3) is 0 Å². The first-order valence-corrected chi connectivity index (χ1v) is 5.38. The average Bonchev–Trinajstić information content (AvgIpc) is 2.06. The fourth-order valence-electron chi connectivity index (χ4n) is 0.881. The third kappa shape index (κ3) is 24.6. The fourth-order valence-corrected chi connectivity index (χ4v) is 0.881. The minimum Gasteiger partial charge on any atom is -0.550 e. The molecule has 0 radical (unpaired) electrons. The monoisotopic (exact) mass is 187 g/mol. The molecule has 0 bridgehead atoms. The minimum atomic E-state index is -0.961. The molecule has 0 aliphatic heterocycles. The summed E-state index contributed by atoms with van der Waals surface area (Å²) in [5, 5.41) is 9.49. The maximum absolute atomic E-state index is 9.49. The van der Waals surface area contributed by atoms with E-state index in [0.717, 1.165) is 0 Å². The Morgan fingerprint density at radius 3 is 1.54 bits per heavy atom. The maximum Gasteiger partial charge on any atom is 0.0414 e. The van der Waals surface area contributed by atoms with E-state index >= 15 is 0 Å². The molecule has 0 fully saturated rings. The molecule has 2 heteroatoms. The van der Waals surface area contributed by atoms with Crippen LogP contribution in [0.3, 0.4) is 0 Å². The Kier molecular flexibility index (Phi) is 16.1. The van der Waals surface area contributed by atoms with E-state index in [0.29, 0.717) is 6.42 Å². The first kappa shape index (κ1) is 15.0. The smallest absolute Gasteiger partial charge is 0.0414 e. The van der Waals surface area contributed by atoms with Gasteiger partial charge in [0.15, 0.2) is 0 Å². The zero-order valence-electron chi connectivity index (χ0n) is 9.27. The standard InChI is InChI=1S/C7H16.C4H8O2/c1-3-5-7-6-4-2;1-2-3-4(5)6/h3-7H2,1-2H3;2-3H2,1H3,(H,5,6)/p-1. The molecule has 0 aliphatic rings. The Balaban J connectivity index is 0. The molecule has 0 unspecified atom stereocenters. The number of aliphatic carboxylic acids is 1. The molecular formula is C11H23O2-. The van der Waals surface area contributed by atoms with Gasteiger partial charge in [-0.1, -0.05) is 59.3 Å². The van der Waals surface area contributed by atoms with Crippen molar-refractivity contribution in [2.75, 3.05) is 0 Å². The first-order chi connectivity index (χ1) is 6.18. The highest BCUT2D eigenvalue weighted by atomic mass is 16.4. The van der Waals surface area contributed by atoms with Crippen molar-refractivity contribution in [1.29, 1.82) is 0 Å². The second-order valence-corrected chi connectivity index (χ2v) is 3.18. The van der Waals surface area contributed by atoms with Crippen LogP contribution in [-0.2, 0) is 4.79 Å². The van der Waals surface area contributed by atoms with Gasteiger partial charge in [0.1, 0.15) is 0 Å². The van der Waals surface area contributed by atoms with Crippen molar-refractivity contribution in [3.05, 3.63) is 0 Å². The number of hydrogen-bond donors (Lipinski definition) is 0. The van der Waals surface area contributed by atoms with E-state index in [9.17, 15) is 9.90 Å². The summed E-state index contributed by atoms with van der Waals surface area (Å²) in [4.78, 5) is 9.49. The Hall–Kier alpha value is -0.530. The Morgan fingerprint density at radius 2 is 1.38 bits per heavy atom. The van der Waals surface area contributed by atoms with Gasteiger partial charge in [-0.2, -0.15) is 0 Å². The van der Waals surface area contributed by atoms with Crippen LogP contribution in [0.4, 0.5) is 0 Å². The van der Waals surface area contributed by atoms with E-state index < -0.39 is 5.97 Å². The van der Waals surface area contributed by atoms with Crippen LogP contribution in [-0.4, -0.2) is 5.97 Å². The van der Waals surface area contributed by atoms with Gasteiger partial charge < -0.3 is 9.90 Å². The number of carboxylic acids is 1. The summed E-state index contributed by atoms with van der Waals surface area (Å²) in [7, 11) is 0. The van der Waals surface area contributed by atoms with Gasteiger partial charge in [-0.05, 0) is 6.42 Å². The van der Waals surface area contributed by atoms with Gasteiger partial charge in [0.25, 0.3) is 0 Å². The lowest BCUT2D eigenvalue weighted by atomic mass is 10.2. The van der Waals surface area contributed by atoms with Crippen LogP contribution in [0, 0.1) is 0 Å².